The van der Waals surface area contributed by atoms with Gasteiger partial charge in [0.1, 0.15) is 0 Å². The maximum absolute atomic E-state index is 12.4. The zero-order chi connectivity index (χ0) is 22.5. The van der Waals surface area contributed by atoms with E-state index in [1.165, 1.54) is 10.9 Å². The molecule has 1 aromatic heterocycles. The predicted octanol–water partition coefficient (Wildman–Crippen LogP) is 2.61. The highest BCUT2D eigenvalue weighted by Gasteiger charge is 2.16. The molecule has 9 heteroatoms. The average molecular weight is 420 g/mol. The van der Waals surface area contributed by atoms with Crippen LogP contribution in [0.25, 0.3) is 16.8 Å². The van der Waals surface area contributed by atoms with Crippen LogP contribution in [0.4, 0.5) is 10.5 Å². The molecule has 0 aliphatic rings. The first-order chi connectivity index (χ1) is 14.8. The molecule has 0 radical (unpaired) electrons. The number of rotatable bonds is 7. The Morgan fingerprint density at radius 3 is 1.97 bits per heavy atom. The van der Waals surface area contributed by atoms with Crippen molar-refractivity contribution in [2.45, 2.75) is 13.8 Å². The monoisotopic (exact) mass is 420 g/mol. The summed E-state index contributed by atoms with van der Waals surface area (Å²) in [6.45, 7) is 5.24. The largest absolute Gasteiger partial charge is 0.364 e. The number of carbonyl (C=O) groups is 3. The van der Waals surface area contributed by atoms with Gasteiger partial charge in [0.15, 0.2) is 5.69 Å². The number of primary amides is 2. The Bertz CT molecular complexity index is 1100. The topological polar surface area (TPSA) is 136 Å². The first-order valence-corrected chi connectivity index (χ1v) is 9.80. The second kappa shape index (κ2) is 9.12. The van der Waals surface area contributed by atoms with Crippen molar-refractivity contribution in [3.05, 3.63) is 66.0 Å². The van der Waals surface area contributed by atoms with Gasteiger partial charge in [-0.2, -0.15) is 5.10 Å². The van der Waals surface area contributed by atoms with Crippen LogP contribution in [0.2, 0.25) is 0 Å². The molecule has 4 amide bonds. The number of nitrogens with two attached hydrogens (primary N) is 2. The van der Waals surface area contributed by atoms with Crippen LogP contribution in [0.1, 0.15) is 34.7 Å². The van der Waals surface area contributed by atoms with E-state index in [1.54, 1.807) is 4.90 Å². The van der Waals surface area contributed by atoms with Gasteiger partial charge in [0, 0.05) is 18.7 Å². The smallest absolute Gasteiger partial charge is 0.316 e. The number of nitrogens with zero attached hydrogens (tertiary/aromatic N) is 3. The number of aromatic nitrogens is 2. The van der Waals surface area contributed by atoms with E-state index in [4.69, 9.17) is 11.5 Å². The molecule has 3 rings (SSSR count). The zero-order valence-electron chi connectivity index (χ0n) is 17.3. The first kappa shape index (κ1) is 21.6. The molecule has 0 atom stereocenters. The summed E-state index contributed by atoms with van der Waals surface area (Å²) in [4.78, 5) is 36.9. The second-order valence-corrected chi connectivity index (χ2v) is 6.79. The van der Waals surface area contributed by atoms with Gasteiger partial charge in [-0.15, -0.1) is 0 Å². The Hall–Kier alpha value is -4.14. The second-order valence-electron chi connectivity index (χ2n) is 6.79. The summed E-state index contributed by atoms with van der Waals surface area (Å²) in [7, 11) is 0. The fourth-order valence-corrected chi connectivity index (χ4v) is 3.22. The van der Waals surface area contributed by atoms with Gasteiger partial charge in [-0.05, 0) is 49.2 Å². The molecule has 5 N–H and O–H groups in total. The van der Waals surface area contributed by atoms with Crippen molar-refractivity contribution in [2.24, 2.45) is 11.5 Å². The van der Waals surface area contributed by atoms with Gasteiger partial charge in [-0.1, -0.05) is 24.3 Å². The van der Waals surface area contributed by atoms with Crippen LogP contribution >= 0.6 is 0 Å². The minimum atomic E-state index is -0.819. The van der Waals surface area contributed by atoms with Gasteiger partial charge in [0.25, 0.3) is 11.8 Å². The van der Waals surface area contributed by atoms with Crippen LogP contribution in [-0.4, -0.2) is 45.6 Å². The van der Waals surface area contributed by atoms with Crippen molar-refractivity contribution in [1.29, 1.82) is 0 Å². The maximum atomic E-state index is 12.4. The van der Waals surface area contributed by atoms with Gasteiger partial charge in [-0.25, -0.2) is 9.48 Å². The Balaban J connectivity index is 1.83. The Morgan fingerprint density at radius 2 is 1.48 bits per heavy atom. The van der Waals surface area contributed by atoms with Gasteiger partial charge in [0.2, 0.25) is 0 Å². The standard InChI is InChI=1S/C22H24N6O3/c1-3-27(4-2)21(30)16-7-5-14(6-8-16)15-9-11-17(12-10-15)28-13-18(25-22(24)31)19(26-28)20(23)29/h5-13H,3-4H2,1-2H3,(H2,23,29)(H3,24,25,31). The molecule has 2 aromatic carbocycles. The Morgan fingerprint density at radius 1 is 0.935 bits per heavy atom. The van der Waals surface area contributed by atoms with E-state index in [2.05, 4.69) is 10.4 Å². The Labute approximate surface area is 179 Å². The summed E-state index contributed by atoms with van der Waals surface area (Å²) in [5.41, 5.74) is 13.7. The van der Waals surface area contributed by atoms with E-state index < -0.39 is 11.9 Å². The third-order valence-corrected chi connectivity index (χ3v) is 4.85. The summed E-state index contributed by atoms with van der Waals surface area (Å²) in [5, 5.41) is 6.47. The lowest BCUT2D eigenvalue weighted by Crippen LogP contribution is -2.30. The summed E-state index contributed by atoms with van der Waals surface area (Å²) in [6.07, 6.45) is 1.47. The van der Waals surface area contributed by atoms with Gasteiger partial charge in [0.05, 0.1) is 17.6 Å². The van der Waals surface area contributed by atoms with E-state index in [0.29, 0.717) is 24.3 Å². The third-order valence-electron chi connectivity index (χ3n) is 4.85. The molecule has 0 spiro atoms. The minimum absolute atomic E-state index is 0.0104. The summed E-state index contributed by atoms with van der Waals surface area (Å²) >= 11 is 0. The lowest BCUT2D eigenvalue weighted by atomic mass is 10.0. The van der Waals surface area contributed by atoms with E-state index in [-0.39, 0.29) is 17.3 Å². The van der Waals surface area contributed by atoms with E-state index in [9.17, 15) is 14.4 Å². The van der Waals surface area contributed by atoms with Gasteiger partial charge >= 0.3 is 6.03 Å². The van der Waals surface area contributed by atoms with E-state index in [1.807, 2.05) is 62.4 Å². The van der Waals surface area contributed by atoms with Crippen LogP contribution in [-0.2, 0) is 0 Å². The molecule has 1 heterocycles. The van der Waals surface area contributed by atoms with Crippen molar-refractivity contribution in [3.8, 4) is 16.8 Å². The number of urea groups is 1. The van der Waals surface area contributed by atoms with Crippen molar-refractivity contribution in [3.63, 3.8) is 0 Å². The van der Waals surface area contributed by atoms with E-state index in [0.717, 1.165) is 11.1 Å². The minimum Gasteiger partial charge on any atom is -0.364 e. The number of hydrogen-bond acceptors (Lipinski definition) is 4. The highest BCUT2D eigenvalue weighted by molar-refractivity contribution is 6.00. The van der Waals surface area contributed by atoms with E-state index >= 15 is 0 Å². The van der Waals surface area contributed by atoms with Crippen LogP contribution in [0.15, 0.2) is 54.7 Å². The number of amides is 4. The van der Waals surface area contributed by atoms with Crippen molar-refractivity contribution in [2.75, 3.05) is 18.4 Å². The van der Waals surface area contributed by atoms with Crippen LogP contribution in [0.3, 0.4) is 0 Å². The van der Waals surface area contributed by atoms with Crippen molar-refractivity contribution in [1.82, 2.24) is 14.7 Å². The zero-order valence-corrected chi connectivity index (χ0v) is 17.3. The van der Waals surface area contributed by atoms with Crippen LogP contribution in [0.5, 0.6) is 0 Å². The molecule has 0 saturated heterocycles. The molecule has 0 fully saturated rings. The number of nitrogens with one attached hydrogen (secondary N) is 1. The lowest BCUT2D eigenvalue weighted by Gasteiger charge is -2.18. The fourth-order valence-electron chi connectivity index (χ4n) is 3.22. The molecule has 0 bridgehead atoms. The SMILES string of the molecule is CCN(CC)C(=O)c1ccc(-c2ccc(-n3cc(NC(N)=O)c(C(N)=O)n3)cc2)cc1. The summed E-state index contributed by atoms with van der Waals surface area (Å²) in [5.74, 6) is -0.769. The fraction of sp³-hybridized carbons (Fsp3) is 0.182. The molecular weight excluding hydrogens is 396 g/mol. The first-order valence-electron chi connectivity index (χ1n) is 9.80. The average Bonchev–Trinajstić information content (AvgIpc) is 3.18. The predicted molar refractivity (Wildman–Crippen MR) is 118 cm³/mol. The molecule has 9 nitrogen and oxygen atoms in total. The number of benzene rings is 2. The number of hydrogen-bond donors (Lipinski definition) is 3. The normalized spacial score (nSPS) is 10.5. The number of anilines is 1. The van der Waals surface area contributed by atoms with Gasteiger partial charge < -0.3 is 21.7 Å². The molecule has 0 unspecified atom stereocenters. The molecule has 0 aliphatic heterocycles. The molecule has 3 aromatic rings. The summed E-state index contributed by atoms with van der Waals surface area (Å²) in [6, 6.07) is 14.0. The van der Waals surface area contributed by atoms with Crippen molar-refractivity contribution >= 4 is 23.5 Å². The summed E-state index contributed by atoms with van der Waals surface area (Å²) < 4.78 is 1.43. The quantitative estimate of drug-likeness (QED) is 0.541. The highest BCUT2D eigenvalue weighted by atomic mass is 16.2. The van der Waals surface area contributed by atoms with Gasteiger partial charge in [-0.3, -0.25) is 9.59 Å². The van der Waals surface area contributed by atoms with Crippen molar-refractivity contribution < 1.29 is 14.4 Å². The molecular formula is C22H24N6O3. The third kappa shape index (κ3) is 4.72. The van der Waals surface area contributed by atoms with Crippen LogP contribution in [0, 0.1) is 0 Å². The molecule has 31 heavy (non-hydrogen) atoms. The molecule has 160 valence electrons. The molecule has 0 saturated carbocycles. The lowest BCUT2D eigenvalue weighted by molar-refractivity contribution is 0.0772. The number of carbonyl (C=O) groups excluding carboxylic acids is 3. The maximum Gasteiger partial charge on any atom is 0.316 e. The molecule has 0 aliphatic carbocycles. The Kier molecular flexibility index (Phi) is 6.35. The highest BCUT2D eigenvalue weighted by Crippen LogP contribution is 2.23. The van der Waals surface area contributed by atoms with Crippen LogP contribution < -0.4 is 16.8 Å².